The van der Waals surface area contributed by atoms with Crippen LogP contribution in [0.25, 0.3) is 5.76 Å². The maximum atomic E-state index is 13.0. The zero-order valence-corrected chi connectivity index (χ0v) is 17.4. The zero-order valence-electron chi connectivity index (χ0n) is 16.6. The number of rotatable bonds is 4. The quantitative estimate of drug-likeness (QED) is 0.215. The van der Waals surface area contributed by atoms with Crippen LogP contribution in [-0.4, -0.2) is 26.7 Å². The van der Waals surface area contributed by atoms with Crippen LogP contribution < -0.4 is 4.90 Å². The van der Waals surface area contributed by atoms with Crippen LogP contribution in [0.5, 0.6) is 0 Å². The first-order valence-corrected chi connectivity index (χ1v) is 10.2. The predicted octanol–water partition coefficient (Wildman–Crippen LogP) is 4.29. The van der Waals surface area contributed by atoms with Gasteiger partial charge in [-0.05, 0) is 19.4 Å². The molecule has 9 heteroatoms. The number of benzene rings is 2. The van der Waals surface area contributed by atoms with E-state index in [1.165, 1.54) is 34.4 Å². The minimum atomic E-state index is -1.05. The molecule has 3 aromatic rings. The van der Waals surface area contributed by atoms with Gasteiger partial charge in [-0.2, -0.15) is 0 Å². The third-order valence-corrected chi connectivity index (χ3v) is 6.18. The molecule has 1 aliphatic heterocycles. The van der Waals surface area contributed by atoms with Crippen LogP contribution in [0.15, 0.2) is 60.2 Å². The summed E-state index contributed by atoms with van der Waals surface area (Å²) in [6, 6.07) is 13.0. The predicted molar refractivity (Wildman–Crippen MR) is 116 cm³/mol. The number of hydrogen-bond donors (Lipinski definition) is 1. The molecule has 0 aliphatic carbocycles. The maximum Gasteiger partial charge on any atom is 0.301 e. The molecule has 31 heavy (non-hydrogen) atoms. The number of nitro benzene ring substituents is 1. The Bertz CT molecular complexity index is 1230. The molecule has 1 N–H and O–H groups in total. The first-order chi connectivity index (χ1) is 14.8. The lowest BCUT2D eigenvalue weighted by Gasteiger charge is -2.22. The lowest BCUT2D eigenvalue weighted by atomic mass is 9.95. The van der Waals surface area contributed by atoms with Crippen molar-refractivity contribution in [3.05, 3.63) is 92.0 Å². The number of Topliss-reactive ketones (excluding diaryl/α,β-unsaturated/α-hetero) is 1. The number of hydrogen-bond acceptors (Lipinski definition) is 7. The summed E-state index contributed by atoms with van der Waals surface area (Å²) in [7, 11) is 0. The molecule has 1 aliphatic rings. The van der Waals surface area contributed by atoms with Crippen LogP contribution in [-0.2, 0) is 9.59 Å². The number of non-ortho nitro benzene ring substituents is 1. The maximum absolute atomic E-state index is 13.0. The van der Waals surface area contributed by atoms with E-state index in [1.807, 2.05) is 6.92 Å². The van der Waals surface area contributed by atoms with Gasteiger partial charge in [-0.25, -0.2) is 4.98 Å². The highest BCUT2D eigenvalue weighted by atomic mass is 32.1. The van der Waals surface area contributed by atoms with Crippen molar-refractivity contribution in [3.63, 3.8) is 0 Å². The topological polar surface area (TPSA) is 114 Å². The summed E-state index contributed by atoms with van der Waals surface area (Å²) in [5.41, 5.74) is 1.08. The van der Waals surface area contributed by atoms with Crippen LogP contribution >= 0.6 is 11.3 Å². The van der Waals surface area contributed by atoms with E-state index in [0.717, 1.165) is 4.88 Å². The van der Waals surface area contributed by atoms with E-state index in [2.05, 4.69) is 4.98 Å². The Balaban J connectivity index is 1.98. The monoisotopic (exact) mass is 435 g/mol. The van der Waals surface area contributed by atoms with Crippen LogP contribution in [0.3, 0.4) is 0 Å². The van der Waals surface area contributed by atoms with E-state index in [1.54, 1.807) is 43.3 Å². The Hall–Kier alpha value is -3.85. The van der Waals surface area contributed by atoms with Gasteiger partial charge in [-0.15, -0.1) is 11.3 Å². The Morgan fingerprint density at radius 2 is 1.84 bits per heavy atom. The minimum Gasteiger partial charge on any atom is -0.507 e. The van der Waals surface area contributed by atoms with E-state index in [0.29, 0.717) is 22.0 Å². The van der Waals surface area contributed by atoms with Crippen LogP contribution in [0.2, 0.25) is 0 Å². The summed E-state index contributed by atoms with van der Waals surface area (Å²) in [6.07, 6.45) is 0. The fourth-order valence-corrected chi connectivity index (χ4v) is 4.40. The number of nitrogens with zero attached hydrogens (tertiary/aromatic N) is 3. The van der Waals surface area contributed by atoms with E-state index >= 15 is 0 Å². The highest BCUT2D eigenvalue weighted by Crippen LogP contribution is 2.44. The molecule has 0 spiro atoms. The zero-order chi connectivity index (χ0) is 22.3. The number of carbonyl (C=O) groups excluding carboxylic acids is 2. The normalized spacial score (nSPS) is 17.9. The summed E-state index contributed by atoms with van der Waals surface area (Å²) in [6.45, 7) is 3.64. The molecular weight excluding hydrogens is 418 g/mol. The molecule has 0 bridgehead atoms. The van der Waals surface area contributed by atoms with Gasteiger partial charge in [0.05, 0.1) is 22.2 Å². The number of aryl methyl sites for hydroxylation is 2. The SMILES string of the molecule is Cc1nc(N2C(=O)C(=O)/C(=C(/O)c3ccccc3)C2c2cccc([N+](=O)[O-])c2)sc1C. The van der Waals surface area contributed by atoms with E-state index < -0.39 is 22.7 Å². The Morgan fingerprint density at radius 3 is 2.45 bits per heavy atom. The largest absolute Gasteiger partial charge is 0.507 e. The van der Waals surface area contributed by atoms with Crippen molar-refractivity contribution in [1.82, 2.24) is 4.98 Å². The van der Waals surface area contributed by atoms with E-state index in [9.17, 15) is 24.8 Å². The van der Waals surface area contributed by atoms with Gasteiger partial charge < -0.3 is 5.11 Å². The summed E-state index contributed by atoms with van der Waals surface area (Å²) >= 11 is 1.24. The molecular formula is C22H17N3O5S. The molecule has 0 saturated carbocycles. The van der Waals surface area contributed by atoms with Gasteiger partial charge in [-0.1, -0.05) is 42.5 Å². The number of thiazole rings is 1. The number of aliphatic hydroxyl groups excluding tert-OH is 1. The van der Waals surface area contributed by atoms with Crippen molar-refractivity contribution < 1.29 is 19.6 Å². The third-order valence-electron chi connectivity index (χ3n) is 5.11. The standard InChI is InChI=1S/C22H17N3O5S/c1-12-13(2)31-22(23-12)24-18(15-9-6-10-16(11-15)25(29)30)17(20(27)21(24)28)19(26)14-7-4-3-5-8-14/h3-11,18,26H,1-2H3/b19-17+. The van der Waals surface area contributed by atoms with E-state index in [-0.39, 0.29) is 17.0 Å². The Morgan fingerprint density at radius 1 is 1.13 bits per heavy atom. The number of amides is 1. The van der Waals surface area contributed by atoms with Crippen molar-refractivity contribution >= 4 is 39.6 Å². The number of ketones is 1. The van der Waals surface area contributed by atoms with Gasteiger partial charge in [-0.3, -0.25) is 24.6 Å². The summed E-state index contributed by atoms with van der Waals surface area (Å²) < 4.78 is 0. The molecule has 2 aromatic carbocycles. The van der Waals surface area contributed by atoms with Gasteiger partial charge in [0.2, 0.25) is 0 Å². The number of nitro groups is 1. The molecule has 1 amide bonds. The van der Waals surface area contributed by atoms with Crippen molar-refractivity contribution in [3.8, 4) is 0 Å². The second-order valence-electron chi connectivity index (χ2n) is 7.03. The van der Waals surface area contributed by atoms with Crippen molar-refractivity contribution in [2.24, 2.45) is 0 Å². The highest BCUT2D eigenvalue weighted by molar-refractivity contribution is 7.16. The van der Waals surface area contributed by atoms with Gasteiger partial charge >= 0.3 is 5.91 Å². The summed E-state index contributed by atoms with van der Waals surface area (Å²) in [5.74, 6) is -2.06. The molecule has 1 fully saturated rings. The van der Waals surface area contributed by atoms with Crippen molar-refractivity contribution in [1.29, 1.82) is 0 Å². The molecule has 0 radical (unpaired) electrons. The number of aromatic nitrogens is 1. The van der Waals surface area contributed by atoms with Crippen molar-refractivity contribution in [2.45, 2.75) is 19.9 Å². The average Bonchev–Trinajstić information content (AvgIpc) is 3.23. The van der Waals surface area contributed by atoms with Gasteiger partial charge in [0.15, 0.2) is 5.13 Å². The third kappa shape index (κ3) is 3.49. The van der Waals surface area contributed by atoms with Crippen molar-refractivity contribution in [2.75, 3.05) is 4.90 Å². The molecule has 1 saturated heterocycles. The molecule has 1 atom stereocenters. The fraction of sp³-hybridized carbons (Fsp3) is 0.136. The lowest BCUT2D eigenvalue weighted by molar-refractivity contribution is -0.384. The number of aliphatic hydroxyl groups is 1. The van der Waals surface area contributed by atoms with E-state index in [4.69, 9.17) is 0 Å². The molecule has 2 heterocycles. The number of carbonyl (C=O) groups is 2. The highest BCUT2D eigenvalue weighted by Gasteiger charge is 2.48. The summed E-state index contributed by atoms with van der Waals surface area (Å²) in [4.78, 5) is 43.3. The fourth-order valence-electron chi connectivity index (χ4n) is 3.46. The molecule has 156 valence electrons. The number of anilines is 1. The Kier molecular flexibility index (Phi) is 5.12. The first kappa shape index (κ1) is 20.4. The van der Waals surface area contributed by atoms with Gasteiger partial charge in [0.25, 0.3) is 11.5 Å². The first-order valence-electron chi connectivity index (χ1n) is 9.34. The van der Waals surface area contributed by atoms with Gasteiger partial charge in [0.1, 0.15) is 5.76 Å². The lowest BCUT2D eigenvalue weighted by Crippen LogP contribution is -2.29. The second kappa shape index (κ2) is 7.77. The minimum absolute atomic E-state index is 0.137. The van der Waals surface area contributed by atoms with Crippen LogP contribution in [0.1, 0.15) is 27.7 Å². The molecule has 1 unspecified atom stereocenters. The average molecular weight is 435 g/mol. The van der Waals surface area contributed by atoms with Crippen LogP contribution in [0, 0.1) is 24.0 Å². The Labute approximate surface area is 181 Å². The smallest absolute Gasteiger partial charge is 0.301 e. The summed E-state index contributed by atoms with van der Waals surface area (Å²) in [5, 5.41) is 22.6. The molecule has 1 aromatic heterocycles. The molecule has 4 rings (SSSR count). The van der Waals surface area contributed by atoms with Gasteiger partial charge in [0, 0.05) is 22.6 Å². The molecule has 8 nitrogen and oxygen atoms in total. The van der Waals surface area contributed by atoms with Crippen LogP contribution in [0.4, 0.5) is 10.8 Å². The second-order valence-corrected chi connectivity index (χ2v) is 8.21.